The van der Waals surface area contributed by atoms with Gasteiger partial charge in [-0.25, -0.2) is 4.39 Å². The van der Waals surface area contributed by atoms with E-state index in [-0.39, 0.29) is 57.7 Å². The van der Waals surface area contributed by atoms with Crippen LogP contribution in [0.1, 0.15) is 120 Å². The second-order valence-corrected chi connectivity index (χ2v) is 18.5. The van der Waals surface area contributed by atoms with Gasteiger partial charge in [-0.1, -0.05) is 53.2 Å². The maximum absolute atomic E-state index is 14.5. The summed E-state index contributed by atoms with van der Waals surface area (Å²) in [5.41, 5.74) is 0.101. The molecule has 4 fully saturated rings. The summed E-state index contributed by atoms with van der Waals surface area (Å²) < 4.78 is 31.5. The first-order valence-electron chi connectivity index (χ1n) is 19.0. The van der Waals surface area contributed by atoms with Crippen LogP contribution in [-0.4, -0.2) is 42.6 Å². The van der Waals surface area contributed by atoms with Crippen LogP contribution < -0.4 is 5.32 Å². The van der Waals surface area contributed by atoms with E-state index in [4.69, 9.17) is 14.2 Å². The summed E-state index contributed by atoms with van der Waals surface area (Å²) in [6.45, 7) is 18.1. The fraction of sp³-hybridized carbons (Fsp3) is 0.714. The molecule has 1 amide bonds. The van der Waals surface area contributed by atoms with Gasteiger partial charge in [-0.2, -0.15) is 0 Å². The van der Waals surface area contributed by atoms with Crippen LogP contribution in [0.15, 0.2) is 35.9 Å². The Kier molecular flexibility index (Phi) is 9.36. The van der Waals surface area contributed by atoms with Gasteiger partial charge in [0, 0.05) is 31.9 Å². The second kappa shape index (κ2) is 12.7. The van der Waals surface area contributed by atoms with Crippen LogP contribution in [0.4, 0.5) is 10.1 Å². The summed E-state index contributed by atoms with van der Waals surface area (Å²) >= 11 is 0. The lowest BCUT2D eigenvalue weighted by molar-refractivity contribution is -0.255. The number of fused-ring (bicyclic) bond motifs is 7. The minimum atomic E-state index is -0.787. The molecule has 0 aliphatic heterocycles. The number of hydrogen-bond donors (Lipinski definition) is 1. The lowest BCUT2D eigenvalue weighted by atomic mass is 9.33. The number of halogens is 1. The molecule has 1 N–H and O–H groups in total. The van der Waals surface area contributed by atoms with Crippen LogP contribution in [0, 0.1) is 56.1 Å². The average molecular weight is 708 g/mol. The lowest BCUT2D eigenvalue weighted by Crippen LogP contribution is -2.69. The van der Waals surface area contributed by atoms with Crippen molar-refractivity contribution in [1.29, 1.82) is 0 Å². The molecule has 0 saturated heterocycles. The molecule has 51 heavy (non-hydrogen) atoms. The molecule has 1 aromatic rings. The Labute approximate surface area is 303 Å². The smallest absolute Gasteiger partial charge is 0.303 e. The number of esters is 3. The number of nitrogens with one attached hydrogen (secondary N) is 1. The Morgan fingerprint density at radius 1 is 0.804 bits per heavy atom. The molecule has 0 heterocycles. The van der Waals surface area contributed by atoms with Crippen LogP contribution in [0.2, 0.25) is 0 Å². The highest BCUT2D eigenvalue weighted by molar-refractivity contribution is 5.96. The molecule has 8 nitrogen and oxygen atoms in total. The summed E-state index contributed by atoms with van der Waals surface area (Å²) in [6.07, 6.45) is 8.46. The third-order valence-electron chi connectivity index (χ3n) is 15.1. The zero-order valence-electron chi connectivity index (χ0n) is 32.1. The van der Waals surface area contributed by atoms with E-state index in [1.807, 2.05) is 6.92 Å². The predicted octanol–water partition coefficient (Wildman–Crippen LogP) is 8.58. The van der Waals surface area contributed by atoms with Crippen molar-refractivity contribution < 1.29 is 37.8 Å². The van der Waals surface area contributed by atoms with Gasteiger partial charge in [0.25, 0.3) is 0 Å². The standard InChI is InChI=1S/C42H58FNO7/c1-25(45)49-24-39(7)33-16-17-41(9)34(38(33,6)23-32(50-26(2)46)35(39)51-27(3)47)15-14-30-31-22-37(4,5)18-20-42(31,21-19-40(30,41)8)36(48)44-29-12-10-28(43)11-13-29/h10-14,31-35H,15-24H2,1-9H3,(H,44,48)/t31?,32-,33?,34?,35+,38+,39+,40-,41-,42+/m1/s1. The molecular formula is C42H58FNO7. The van der Waals surface area contributed by atoms with Gasteiger partial charge >= 0.3 is 17.9 Å². The van der Waals surface area contributed by atoms with Gasteiger partial charge in [-0.05, 0) is 121 Å². The summed E-state index contributed by atoms with van der Waals surface area (Å²) in [5, 5.41) is 3.19. The summed E-state index contributed by atoms with van der Waals surface area (Å²) in [6, 6.07) is 6.05. The Morgan fingerprint density at radius 3 is 2.08 bits per heavy atom. The highest BCUT2D eigenvalue weighted by Crippen LogP contribution is 2.76. The molecular weight excluding hydrogens is 649 g/mol. The Bertz CT molecular complexity index is 1620. The SMILES string of the molecule is CC(=O)OC[C@@]1(C)C2CC[C@]3(C)C(CC=C4C5CC(C)(C)CC[C@]5(C(=O)Nc5ccc(F)cc5)CC[C@]43C)[C@@]2(C)C[C@@H](OC(C)=O)[C@@H]1OC(C)=O. The Balaban J connectivity index is 1.42. The molecule has 0 aromatic heterocycles. The zero-order chi connectivity index (χ0) is 37.4. The first-order valence-corrected chi connectivity index (χ1v) is 19.0. The van der Waals surface area contributed by atoms with Crippen molar-refractivity contribution in [3.05, 3.63) is 41.7 Å². The van der Waals surface area contributed by atoms with Crippen molar-refractivity contribution in [3.8, 4) is 0 Å². The van der Waals surface area contributed by atoms with Crippen molar-refractivity contribution >= 4 is 29.5 Å². The van der Waals surface area contributed by atoms with E-state index in [1.54, 1.807) is 12.1 Å². The molecule has 4 saturated carbocycles. The van der Waals surface area contributed by atoms with E-state index >= 15 is 0 Å². The van der Waals surface area contributed by atoms with Gasteiger partial charge in [0.2, 0.25) is 5.91 Å². The van der Waals surface area contributed by atoms with E-state index < -0.39 is 40.9 Å². The van der Waals surface area contributed by atoms with Gasteiger partial charge in [0.1, 0.15) is 24.6 Å². The van der Waals surface area contributed by atoms with Crippen LogP contribution in [0.25, 0.3) is 0 Å². The lowest BCUT2D eigenvalue weighted by Gasteiger charge is -2.71. The third-order valence-corrected chi connectivity index (χ3v) is 15.1. The van der Waals surface area contributed by atoms with Gasteiger partial charge in [0.15, 0.2) is 0 Å². The number of anilines is 1. The van der Waals surface area contributed by atoms with E-state index in [1.165, 1.54) is 38.5 Å². The molecule has 0 spiro atoms. The number of rotatable bonds is 6. The maximum atomic E-state index is 14.5. The number of benzene rings is 1. The molecule has 0 radical (unpaired) electrons. The number of hydrogen-bond acceptors (Lipinski definition) is 7. The minimum absolute atomic E-state index is 0.0231. The maximum Gasteiger partial charge on any atom is 0.303 e. The van der Waals surface area contributed by atoms with E-state index in [0.29, 0.717) is 12.1 Å². The first kappa shape index (κ1) is 37.5. The molecule has 280 valence electrons. The minimum Gasteiger partial charge on any atom is -0.465 e. The molecule has 10 atom stereocenters. The van der Waals surface area contributed by atoms with Crippen LogP contribution in [0.3, 0.4) is 0 Å². The zero-order valence-corrected chi connectivity index (χ0v) is 32.1. The third kappa shape index (κ3) is 6.02. The van der Waals surface area contributed by atoms with Gasteiger partial charge in [-0.15, -0.1) is 0 Å². The van der Waals surface area contributed by atoms with Crippen molar-refractivity contribution in [2.75, 3.05) is 11.9 Å². The molecule has 5 aliphatic carbocycles. The largest absolute Gasteiger partial charge is 0.465 e. The monoisotopic (exact) mass is 707 g/mol. The van der Waals surface area contributed by atoms with Crippen molar-refractivity contribution in [3.63, 3.8) is 0 Å². The van der Waals surface area contributed by atoms with Gasteiger partial charge < -0.3 is 19.5 Å². The Morgan fingerprint density at radius 2 is 1.45 bits per heavy atom. The highest BCUT2D eigenvalue weighted by atomic mass is 19.1. The van der Waals surface area contributed by atoms with Crippen molar-refractivity contribution in [2.45, 2.75) is 132 Å². The molecule has 5 aliphatic rings. The average Bonchev–Trinajstić information content (AvgIpc) is 3.02. The fourth-order valence-corrected chi connectivity index (χ4v) is 12.5. The highest BCUT2D eigenvalue weighted by Gasteiger charge is 2.71. The summed E-state index contributed by atoms with van der Waals surface area (Å²) in [5.74, 6) is -1.30. The van der Waals surface area contributed by atoms with Crippen molar-refractivity contribution in [2.24, 2.45) is 50.2 Å². The summed E-state index contributed by atoms with van der Waals surface area (Å²) in [4.78, 5) is 51.8. The normalized spacial score (nSPS) is 40.9. The first-order chi connectivity index (χ1) is 23.7. The number of carbonyl (C=O) groups is 4. The number of allylic oxidation sites excluding steroid dienone is 2. The van der Waals surface area contributed by atoms with Crippen LogP contribution in [-0.2, 0) is 33.4 Å². The van der Waals surface area contributed by atoms with Gasteiger partial charge in [-0.3, -0.25) is 19.2 Å². The number of ether oxygens (including phenoxy) is 3. The topological polar surface area (TPSA) is 108 Å². The van der Waals surface area contributed by atoms with Crippen molar-refractivity contribution in [1.82, 2.24) is 0 Å². The molecule has 1 aromatic carbocycles. The Hall–Kier alpha value is -3.23. The van der Waals surface area contributed by atoms with Crippen LogP contribution in [0.5, 0.6) is 0 Å². The van der Waals surface area contributed by atoms with E-state index in [9.17, 15) is 23.6 Å². The molecule has 0 bridgehead atoms. The van der Waals surface area contributed by atoms with Gasteiger partial charge in [0.05, 0.1) is 5.41 Å². The van der Waals surface area contributed by atoms with E-state index in [0.717, 1.165) is 51.4 Å². The predicted molar refractivity (Wildman–Crippen MR) is 192 cm³/mol. The quantitative estimate of drug-likeness (QED) is 0.179. The van der Waals surface area contributed by atoms with E-state index in [2.05, 4.69) is 46.0 Å². The second-order valence-electron chi connectivity index (χ2n) is 18.5. The van der Waals surface area contributed by atoms with Crippen LogP contribution >= 0.6 is 0 Å². The summed E-state index contributed by atoms with van der Waals surface area (Å²) in [7, 11) is 0. The number of amides is 1. The molecule has 3 unspecified atom stereocenters. The molecule has 9 heteroatoms. The molecule has 6 rings (SSSR count). The fourth-order valence-electron chi connectivity index (χ4n) is 12.5. The number of carbonyl (C=O) groups excluding carboxylic acids is 4.